The van der Waals surface area contributed by atoms with Crippen LogP contribution in [0.2, 0.25) is 0 Å². The first-order valence-electron chi connectivity index (χ1n) is 4.52. The molecule has 1 aliphatic heterocycles. The first kappa shape index (κ1) is 10.7. The number of carbonyl (C=O) groups excluding carboxylic acids is 2. The molecule has 1 aromatic rings. The minimum absolute atomic E-state index is 0.243. The van der Waals surface area contributed by atoms with E-state index in [0.717, 1.165) is 0 Å². The van der Waals surface area contributed by atoms with Crippen LogP contribution in [-0.2, 0) is 0 Å². The average Bonchev–Trinajstić information content (AvgIpc) is 2.27. The van der Waals surface area contributed by atoms with Crippen LogP contribution < -0.4 is 11.5 Å². The maximum atomic E-state index is 11.3. The number of fused-ring (bicyclic) bond motifs is 1. The zero-order valence-corrected chi connectivity index (χ0v) is 9.08. The molecule has 0 aromatic heterocycles. The normalized spacial score (nSPS) is 13.2. The number of hydrogen-bond acceptors (Lipinski definition) is 4. The number of carbonyl (C=O) groups is 2. The highest BCUT2D eigenvalue weighted by Crippen LogP contribution is 2.36. The maximum absolute atomic E-state index is 11.3. The molecule has 0 atom stereocenters. The van der Waals surface area contributed by atoms with Gasteiger partial charge in [0.15, 0.2) is 0 Å². The van der Waals surface area contributed by atoms with Gasteiger partial charge in [-0.05, 0) is 12.1 Å². The van der Waals surface area contributed by atoms with Gasteiger partial charge in [-0.25, -0.2) is 0 Å². The maximum Gasteiger partial charge on any atom is 0.249 e. The summed E-state index contributed by atoms with van der Waals surface area (Å²) in [6.07, 6.45) is 1.71. The fraction of sp³-hybridized carbons (Fsp3) is 0.100. The lowest BCUT2D eigenvalue weighted by molar-refractivity contribution is 0.0997. The van der Waals surface area contributed by atoms with Crippen molar-refractivity contribution in [3.8, 4) is 0 Å². The van der Waals surface area contributed by atoms with Crippen LogP contribution in [0.4, 0.5) is 5.69 Å². The Balaban J connectivity index is 2.67. The van der Waals surface area contributed by atoms with Gasteiger partial charge in [0, 0.05) is 22.4 Å². The molecular formula is C10H9N3O2S. The Morgan fingerprint density at radius 2 is 2.00 bits per heavy atom. The summed E-state index contributed by atoms with van der Waals surface area (Å²) >= 11 is 1.46. The number of thioether (sulfide) groups is 1. The van der Waals surface area contributed by atoms with Crippen LogP contribution in [0.25, 0.3) is 0 Å². The van der Waals surface area contributed by atoms with Gasteiger partial charge in [0.05, 0.1) is 11.3 Å². The number of nitrogens with zero attached hydrogens (tertiary/aromatic N) is 1. The molecule has 5 nitrogen and oxygen atoms in total. The topological polar surface area (TPSA) is 98.5 Å². The zero-order valence-electron chi connectivity index (χ0n) is 8.27. The summed E-state index contributed by atoms with van der Waals surface area (Å²) in [5, 5.41) is 0. The van der Waals surface area contributed by atoms with Crippen LogP contribution >= 0.6 is 11.8 Å². The van der Waals surface area contributed by atoms with Crippen molar-refractivity contribution in [2.75, 3.05) is 5.75 Å². The first-order chi connectivity index (χ1) is 7.59. The molecule has 0 aliphatic carbocycles. The van der Waals surface area contributed by atoms with Gasteiger partial charge in [0.2, 0.25) is 11.8 Å². The Morgan fingerprint density at radius 3 is 2.62 bits per heavy atom. The van der Waals surface area contributed by atoms with Crippen molar-refractivity contribution in [1.29, 1.82) is 0 Å². The van der Waals surface area contributed by atoms with E-state index in [9.17, 15) is 9.59 Å². The van der Waals surface area contributed by atoms with Gasteiger partial charge >= 0.3 is 0 Å². The van der Waals surface area contributed by atoms with E-state index < -0.39 is 11.8 Å². The quantitative estimate of drug-likeness (QED) is 0.788. The van der Waals surface area contributed by atoms with Crippen molar-refractivity contribution in [3.63, 3.8) is 0 Å². The lowest BCUT2D eigenvalue weighted by Gasteiger charge is -2.13. The van der Waals surface area contributed by atoms with E-state index in [4.69, 9.17) is 11.5 Å². The van der Waals surface area contributed by atoms with E-state index in [2.05, 4.69) is 4.99 Å². The van der Waals surface area contributed by atoms with Gasteiger partial charge in [-0.3, -0.25) is 14.6 Å². The van der Waals surface area contributed by atoms with Crippen molar-refractivity contribution in [1.82, 2.24) is 0 Å². The summed E-state index contributed by atoms with van der Waals surface area (Å²) in [6.45, 7) is 0. The second-order valence-corrected chi connectivity index (χ2v) is 4.25. The fourth-order valence-corrected chi connectivity index (χ4v) is 2.33. The van der Waals surface area contributed by atoms with Crippen molar-refractivity contribution in [3.05, 3.63) is 23.3 Å². The second-order valence-electron chi connectivity index (χ2n) is 3.22. The summed E-state index contributed by atoms with van der Waals surface area (Å²) in [4.78, 5) is 27.2. The van der Waals surface area contributed by atoms with Crippen molar-refractivity contribution < 1.29 is 9.59 Å². The number of amides is 2. The van der Waals surface area contributed by atoms with Gasteiger partial charge < -0.3 is 11.5 Å². The van der Waals surface area contributed by atoms with Gasteiger partial charge in [-0.15, -0.1) is 11.8 Å². The molecule has 0 fully saturated rings. The molecule has 0 saturated carbocycles. The monoisotopic (exact) mass is 235 g/mol. The van der Waals surface area contributed by atoms with Crippen LogP contribution in [-0.4, -0.2) is 23.8 Å². The van der Waals surface area contributed by atoms with Crippen molar-refractivity contribution in [2.24, 2.45) is 16.5 Å². The van der Waals surface area contributed by atoms with Gasteiger partial charge in [-0.1, -0.05) is 0 Å². The third kappa shape index (κ3) is 1.79. The molecular weight excluding hydrogens is 226 g/mol. The Kier molecular flexibility index (Phi) is 2.66. The largest absolute Gasteiger partial charge is 0.366 e. The first-order valence-corrected chi connectivity index (χ1v) is 5.51. The van der Waals surface area contributed by atoms with Gasteiger partial charge in [-0.2, -0.15) is 0 Å². The molecule has 0 spiro atoms. The van der Waals surface area contributed by atoms with E-state index in [0.29, 0.717) is 21.9 Å². The minimum atomic E-state index is -0.601. The molecule has 1 aliphatic rings. The molecule has 1 heterocycles. The Bertz CT molecular complexity index is 511. The fourth-order valence-electron chi connectivity index (χ4n) is 1.44. The zero-order chi connectivity index (χ0) is 11.7. The SMILES string of the molecule is NC(=O)c1cc2c(c(C(N)=O)c1)SCC=N2. The second kappa shape index (κ2) is 3.97. The van der Waals surface area contributed by atoms with Gasteiger partial charge in [0.1, 0.15) is 0 Å². The smallest absolute Gasteiger partial charge is 0.249 e. The van der Waals surface area contributed by atoms with E-state index in [-0.39, 0.29) is 5.56 Å². The van der Waals surface area contributed by atoms with Crippen molar-refractivity contribution in [2.45, 2.75) is 4.90 Å². The number of nitrogens with two attached hydrogens (primary N) is 2. The summed E-state index contributed by atoms with van der Waals surface area (Å²) in [5.41, 5.74) is 11.5. The predicted octanol–water partition coefficient (Wildman–Crippen LogP) is 0.692. The van der Waals surface area contributed by atoms with Crippen molar-refractivity contribution >= 4 is 35.5 Å². The predicted molar refractivity (Wildman–Crippen MR) is 62.4 cm³/mol. The Morgan fingerprint density at radius 1 is 1.25 bits per heavy atom. The number of aliphatic imine (C=N–C) groups is 1. The van der Waals surface area contributed by atoms with Gasteiger partial charge in [0.25, 0.3) is 0 Å². The molecule has 0 saturated heterocycles. The number of benzene rings is 1. The third-order valence-electron chi connectivity index (χ3n) is 2.15. The third-order valence-corrected chi connectivity index (χ3v) is 3.19. The average molecular weight is 235 g/mol. The summed E-state index contributed by atoms with van der Waals surface area (Å²) in [5.74, 6) is -0.497. The highest BCUT2D eigenvalue weighted by molar-refractivity contribution is 8.00. The molecule has 6 heteroatoms. The lowest BCUT2D eigenvalue weighted by atomic mass is 10.1. The number of primary amides is 2. The molecule has 2 rings (SSSR count). The van der Waals surface area contributed by atoms with E-state index in [1.165, 1.54) is 17.8 Å². The lowest BCUT2D eigenvalue weighted by Crippen LogP contribution is -2.17. The van der Waals surface area contributed by atoms with E-state index in [1.54, 1.807) is 12.3 Å². The molecule has 4 N–H and O–H groups in total. The number of hydrogen-bond donors (Lipinski definition) is 2. The Labute approximate surface area is 95.9 Å². The molecule has 0 unspecified atom stereocenters. The van der Waals surface area contributed by atoms with Crippen LogP contribution in [0.1, 0.15) is 20.7 Å². The summed E-state index contributed by atoms with van der Waals surface area (Å²) in [7, 11) is 0. The molecule has 0 radical (unpaired) electrons. The summed E-state index contributed by atoms with van der Waals surface area (Å²) in [6, 6.07) is 2.98. The summed E-state index contributed by atoms with van der Waals surface area (Å²) < 4.78 is 0. The molecule has 16 heavy (non-hydrogen) atoms. The highest BCUT2D eigenvalue weighted by Gasteiger charge is 2.18. The van der Waals surface area contributed by atoms with E-state index >= 15 is 0 Å². The van der Waals surface area contributed by atoms with Crippen LogP contribution in [0.5, 0.6) is 0 Å². The molecule has 1 aromatic carbocycles. The van der Waals surface area contributed by atoms with Crippen LogP contribution in [0.15, 0.2) is 22.0 Å². The number of rotatable bonds is 2. The van der Waals surface area contributed by atoms with E-state index in [1.807, 2.05) is 0 Å². The minimum Gasteiger partial charge on any atom is -0.366 e. The molecule has 82 valence electrons. The standard InChI is InChI=1S/C10H9N3O2S/c11-9(14)5-3-6(10(12)15)8-7(4-5)13-1-2-16-8/h1,3-4H,2H2,(H2,11,14)(H2,12,15). The highest BCUT2D eigenvalue weighted by atomic mass is 32.2. The Hall–Kier alpha value is -1.82. The molecule has 0 bridgehead atoms. The molecule has 2 amide bonds. The van der Waals surface area contributed by atoms with Crippen LogP contribution in [0, 0.1) is 0 Å². The van der Waals surface area contributed by atoms with Crippen LogP contribution in [0.3, 0.4) is 0 Å².